The fourth-order valence-corrected chi connectivity index (χ4v) is 3.80. The van der Waals surface area contributed by atoms with Crippen molar-refractivity contribution in [3.05, 3.63) is 82.4 Å². The second-order valence-electron chi connectivity index (χ2n) is 6.36. The average Bonchev–Trinajstić information content (AvgIpc) is 3.36. The molecule has 9 heteroatoms. The first-order chi connectivity index (χ1) is 14.6. The summed E-state index contributed by atoms with van der Waals surface area (Å²) in [4.78, 5) is 4.46. The molecule has 0 saturated carbocycles. The average molecular weight is 437 g/mol. The Morgan fingerprint density at radius 2 is 1.93 bits per heavy atom. The number of para-hydroxylation sites is 1. The predicted molar refractivity (Wildman–Crippen MR) is 115 cm³/mol. The van der Waals surface area contributed by atoms with Gasteiger partial charge in [0.1, 0.15) is 18.4 Å². The van der Waals surface area contributed by atoms with E-state index < -0.39 is 0 Å². The fourth-order valence-electron chi connectivity index (χ4n) is 2.86. The summed E-state index contributed by atoms with van der Waals surface area (Å²) in [6.07, 6.45) is 0. The molecule has 0 bridgehead atoms. The van der Waals surface area contributed by atoms with Crippen LogP contribution in [0.3, 0.4) is 0 Å². The smallest absolute Gasteiger partial charge is 0.208 e. The number of aromatic amines is 1. The lowest BCUT2D eigenvalue weighted by Crippen LogP contribution is -2.02. The van der Waals surface area contributed by atoms with E-state index in [1.54, 1.807) is 28.9 Å². The van der Waals surface area contributed by atoms with Gasteiger partial charge in [-0.3, -0.25) is 5.10 Å². The van der Waals surface area contributed by atoms with Crippen LogP contribution in [0, 0.1) is 18.3 Å². The van der Waals surface area contributed by atoms with Crippen LogP contribution in [0.15, 0.2) is 59.8 Å². The molecule has 1 N–H and O–H groups in total. The number of halogens is 1. The Morgan fingerprint density at radius 1 is 1.17 bits per heavy atom. The summed E-state index contributed by atoms with van der Waals surface area (Å²) < 4.78 is 7.48. The molecule has 0 fully saturated rings. The molecular formula is C21H17ClN6OS. The number of rotatable bonds is 7. The minimum atomic E-state index is 0.264. The van der Waals surface area contributed by atoms with Crippen LogP contribution >= 0.6 is 23.4 Å². The second-order valence-corrected chi connectivity index (χ2v) is 7.74. The van der Waals surface area contributed by atoms with Crippen LogP contribution in [0.2, 0.25) is 5.02 Å². The molecule has 0 saturated heterocycles. The zero-order chi connectivity index (χ0) is 20.9. The van der Waals surface area contributed by atoms with Gasteiger partial charge in [-0.25, -0.2) is 9.67 Å². The SMILES string of the molecule is Cc1nn(-c2ccccc2)c(CSc2n[nH]c(COc3ccc(Cl)cc3)n2)c1C#N. The molecule has 0 radical (unpaired) electrons. The van der Waals surface area contributed by atoms with Gasteiger partial charge in [0, 0.05) is 10.8 Å². The second kappa shape index (κ2) is 9.03. The number of aromatic nitrogens is 5. The third-order valence-corrected chi connectivity index (χ3v) is 5.42. The van der Waals surface area contributed by atoms with Crippen molar-refractivity contribution in [1.82, 2.24) is 25.0 Å². The number of H-pyrrole nitrogens is 1. The Kier molecular flexibility index (Phi) is 6.02. The molecule has 0 unspecified atom stereocenters. The zero-order valence-electron chi connectivity index (χ0n) is 16.0. The molecule has 0 aliphatic heterocycles. The van der Waals surface area contributed by atoms with Gasteiger partial charge in [0.25, 0.3) is 0 Å². The van der Waals surface area contributed by atoms with Gasteiger partial charge in [0.2, 0.25) is 5.16 Å². The molecule has 2 aromatic heterocycles. The van der Waals surface area contributed by atoms with E-state index in [1.807, 2.05) is 37.3 Å². The van der Waals surface area contributed by atoms with E-state index in [1.165, 1.54) is 11.8 Å². The number of ether oxygens (including phenoxy) is 1. The van der Waals surface area contributed by atoms with Crippen LogP contribution in [-0.4, -0.2) is 25.0 Å². The number of nitrogens with zero attached hydrogens (tertiary/aromatic N) is 5. The summed E-state index contributed by atoms with van der Waals surface area (Å²) in [6, 6.07) is 19.1. The van der Waals surface area contributed by atoms with Crippen molar-refractivity contribution in [1.29, 1.82) is 5.26 Å². The highest BCUT2D eigenvalue weighted by Crippen LogP contribution is 2.26. The number of nitrogens with one attached hydrogen (secondary N) is 1. The van der Waals surface area contributed by atoms with E-state index in [0.717, 1.165) is 11.4 Å². The predicted octanol–water partition coefficient (Wildman–Crippen LogP) is 4.70. The van der Waals surface area contributed by atoms with Gasteiger partial charge in [0.05, 0.1) is 22.6 Å². The van der Waals surface area contributed by atoms with Gasteiger partial charge in [-0.1, -0.05) is 41.6 Å². The van der Waals surface area contributed by atoms with Crippen molar-refractivity contribution in [2.24, 2.45) is 0 Å². The maximum absolute atomic E-state index is 9.58. The molecule has 0 aliphatic carbocycles. The molecule has 4 aromatic rings. The van der Waals surface area contributed by atoms with Crippen LogP contribution in [-0.2, 0) is 12.4 Å². The van der Waals surface area contributed by atoms with Crippen molar-refractivity contribution < 1.29 is 4.74 Å². The molecule has 2 heterocycles. The van der Waals surface area contributed by atoms with Gasteiger partial charge >= 0.3 is 0 Å². The number of nitriles is 1. The summed E-state index contributed by atoms with van der Waals surface area (Å²) in [5.74, 6) is 1.82. The maximum atomic E-state index is 9.58. The van der Waals surface area contributed by atoms with Crippen LogP contribution in [0.25, 0.3) is 5.69 Å². The minimum absolute atomic E-state index is 0.264. The van der Waals surface area contributed by atoms with Gasteiger partial charge in [-0.2, -0.15) is 10.4 Å². The van der Waals surface area contributed by atoms with Gasteiger partial charge in [0.15, 0.2) is 5.82 Å². The third kappa shape index (κ3) is 4.48. The number of aryl methyl sites for hydroxylation is 1. The van der Waals surface area contributed by atoms with E-state index in [9.17, 15) is 5.26 Å². The number of benzene rings is 2. The number of hydrogen-bond donors (Lipinski definition) is 1. The van der Waals surface area contributed by atoms with E-state index >= 15 is 0 Å². The normalized spacial score (nSPS) is 10.7. The van der Waals surface area contributed by atoms with E-state index in [4.69, 9.17) is 16.3 Å². The van der Waals surface area contributed by atoms with Crippen molar-refractivity contribution in [2.45, 2.75) is 24.4 Å². The van der Waals surface area contributed by atoms with Crippen molar-refractivity contribution in [3.63, 3.8) is 0 Å². The Hall–Kier alpha value is -3.28. The van der Waals surface area contributed by atoms with E-state index in [2.05, 4.69) is 26.3 Å². The first-order valence-electron chi connectivity index (χ1n) is 9.10. The highest BCUT2D eigenvalue weighted by Gasteiger charge is 2.17. The number of thioether (sulfide) groups is 1. The summed E-state index contributed by atoms with van der Waals surface area (Å²) in [6.45, 7) is 2.10. The van der Waals surface area contributed by atoms with Crippen molar-refractivity contribution in [2.75, 3.05) is 0 Å². The summed E-state index contributed by atoms with van der Waals surface area (Å²) in [5, 5.41) is 22.5. The lowest BCUT2D eigenvalue weighted by molar-refractivity contribution is 0.296. The van der Waals surface area contributed by atoms with E-state index in [-0.39, 0.29) is 6.61 Å². The monoisotopic (exact) mass is 436 g/mol. The van der Waals surface area contributed by atoms with Crippen molar-refractivity contribution >= 4 is 23.4 Å². The maximum Gasteiger partial charge on any atom is 0.208 e. The minimum Gasteiger partial charge on any atom is -0.486 e. The molecule has 7 nitrogen and oxygen atoms in total. The van der Waals surface area contributed by atoms with Crippen LogP contribution < -0.4 is 4.74 Å². The molecule has 0 aliphatic rings. The van der Waals surface area contributed by atoms with Gasteiger partial charge < -0.3 is 4.74 Å². The van der Waals surface area contributed by atoms with Gasteiger partial charge in [-0.05, 0) is 43.3 Å². The third-order valence-electron chi connectivity index (χ3n) is 4.31. The quantitative estimate of drug-likeness (QED) is 0.422. The Bertz CT molecular complexity index is 1180. The lowest BCUT2D eigenvalue weighted by atomic mass is 10.2. The first kappa shape index (κ1) is 20.0. The molecule has 4 rings (SSSR count). The van der Waals surface area contributed by atoms with Crippen LogP contribution in [0.1, 0.15) is 22.8 Å². The summed E-state index contributed by atoms with van der Waals surface area (Å²) in [5.41, 5.74) is 3.00. The summed E-state index contributed by atoms with van der Waals surface area (Å²) in [7, 11) is 0. The van der Waals surface area contributed by atoms with Gasteiger partial charge in [-0.15, -0.1) is 5.10 Å². The Labute approximate surface area is 182 Å². The first-order valence-corrected chi connectivity index (χ1v) is 10.5. The molecule has 0 atom stereocenters. The molecule has 0 amide bonds. The highest BCUT2D eigenvalue weighted by molar-refractivity contribution is 7.98. The molecule has 150 valence electrons. The molecule has 30 heavy (non-hydrogen) atoms. The fraction of sp³-hybridized carbons (Fsp3) is 0.143. The molecular weight excluding hydrogens is 420 g/mol. The Morgan fingerprint density at radius 3 is 2.67 bits per heavy atom. The lowest BCUT2D eigenvalue weighted by Gasteiger charge is -2.06. The molecule has 2 aromatic carbocycles. The van der Waals surface area contributed by atoms with Crippen LogP contribution in [0.5, 0.6) is 5.75 Å². The zero-order valence-corrected chi connectivity index (χ0v) is 17.6. The number of hydrogen-bond acceptors (Lipinski definition) is 6. The van der Waals surface area contributed by atoms with Crippen molar-refractivity contribution in [3.8, 4) is 17.5 Å². The van der Waals surface area contributed by atoms with Crippen LogP contribution in [0.4, 0.5) is 0 Å². The standard InChI is InChI=1S/C21H17ClN6OS/c1-14-18(11-23)19(28(27-14)16-5-3-2-4-6-16)13-30-21-24-20(25-26-21)12-29-17-9-7-15(22)8-10-17/h2-10H,12-13H2,1H3,(H,24,25,26). The highest BCUT2D eigenvalue weighted by atomic mass is 35.5. The topological polar surface area (TPSA) is 92.4 Å². The molecule has 0 spiro atoms. The largest absolute Gasteiger partial charge is 0.486 e. The van der Waals surface area contributed by atoms with E-state index in [0.29, 0.717) is 38.8 Å². The summed E-state index contributed by atoms with van der Waals surface area (Å²) >= 11 is 7.31. The Balaban J connectivity index is 1.45.